The lowest BCUT2D eigenvalue weighted by molar-refractivity contribution is -0.139. The second-order valence-electron chi connectivity index (χ2n) is 8.82. The molecule has 172 valence electrons. The van der Waals surface area contributed by atoms with Crippen LogP contribution in [0.4, 0.5) is 13.2 Å². The predicted molar refractivity (Wildman–Crippen MR) is 119 cm³/mol. The summed E-state index contributed by atoms with van der Waals surface area (Å²) < 4.78 is 43.9. The minimum atomic E-state index is -4.52. The molecule has 1 aromatic heterocycles. The molecule has 0 atom stereocenters. The molecule has 1 N–H and O–H groups in total. The minimum absolute atomic E-state index is 0.106. The first kappa shape index (κ1) is 22.0. The number of rotatable bonds is 4. The van der Waals surface area contributed by atoms with Gasteiger partial charge in [0.15, 0.2) is 0 Å². The van der Waals surface area contributed by atoms with Crippen LogP contribution in [-0.4, -0.2) is 20.9 Å². The van der Waals surface area contributed by atoms with E-state index in [1.54, 1.807) is 12.1 Å². The van der Waals surface area contributed by atoms with Gasteiger partial charge in [-0.15, -0.1) is 0 Å². The number of alkyl halides is 3. The smallest absolute Gasteiger partial charge is 0.416 e. The fourth-order valence-electron chi connectivity index (χ4n) is 5.27. The van der Waals surface area contributed by atoms with Gasteiger partial charge >= 0.3 is 12.1 Å². The molecule has 2 aliphatic carbocycles. The number of nitrogens with zero attached hydrogens (tertiary/aromatic N) is 2. The maximum Gasteiger partial charge on any atom is 0.416 e. The molecule has 1 saturated carbocycles. The molecule has 3 aromatic rings. The Morgan fingerprint density at radius 1 is 1.03 bits per heavy atom. The Kier molecular flexibility index (Phi) is 5.27. The molecular formula is C25H22ClF3N2O2. The van der Waals surface area contributed by atoms with Crippen LogP contribution in [0.5, 0.6) is 0 Å². The van der Waals surface area contributed by atoms with Gasteiger partial charge in [0, 0.05) is 27.4 Å². The quantitative estimate of drug-likeness (QED) is 0.456. The highest BCUT2D eigenvalue weighted by Crippen LogP contribution is 2.53. The fourth-order valence-corrected chi connectivity index (χ4v) is 5.62. The summed E-state index contributed by atoms with van der Waals surface area (Å²) in [6.07, 6.45) is 0.785. The Hall–Kier alpha value is -2.80. The Labute approximate surface area is 194 Å². The van der Waals surface area contributed by atoms with Crippen molar-refractivity contribution in [2.45, 2.75) is 56.7 Å². The van der Waals surface area contributed by atoms with Crippen LogP contribution in [0.3, 0.4) is 0 Å². The lowest BCUT2D eigenvalue weighted by Gasteiger charge is -2.45. The van der Waals surface area contributed by atoms with Gasteiger partial charge in [-0.05, 0) is 69.2 Å². The van der Waals surface area contributed by atoms with E-state index in [2.05, 4.69) is 0 Å². The zero-order valence-corrected chi connectivity index (χ0v) is 18.5. The van der Waals surface area contributed by atoms with E-state index < -0.39 is 23.2 Å². The van der Waals surface area contributed by atoms with Gasteiger partial charge in [0.05, 0.1) is 22.4 Å². The standard InChI is InChI=1S/C25H22ClF3N2O2/c26-19-7-3-6-18(25(27,28)29)21(19)24(13-4-14-24)31-20-8-2-1-5-17(20)22(30-31)15-9-11-16(12-10-15)23(32)33/h3,6-7,9-12H,1-2,4-5,8,13-14H2,(H,32,33). The molecule has 0 spiro atoms. The zero-order valence-electron chi connectivity index (χ0n) is 17.8. The summed E-state index contributed by atoms with van der Waals surface area (Å²) in [4.78, 5) is 11.2. The first-order chi connectivity index (χ1) is 15.7. The van der Waals surface area contributed by atoms with Gasteiger partial charge in [-0.3, -0.25) is 4.68 Å². The summed E-state index contributed by atoms with van der Waals surface area (Å²) >= 11 is 6.44. The van der Waals surface area contributed by atoms with Gasteiger partial charge < -0.3 is 5.11 Å². The molecular weight excluding hydrogens is 453 g/mol. The van der Waals surface area contributed by atoms with Gasteiger partial charge in [-0.2, -0.15) is 18.3 Å². The average Bonchev–Trinajstić information content (AvgIpc) is 3.13. The van der Waals surface area contributed by atoms with Crippen LogP contribution >= 0.6 is 11.6 Å². The van der Waals surface area contributed by atoms with Crippen molar-refractivity contribution in [2.24, 2.45) is 0 Å². The summed E-state index contributed by atoms with van der Waals surface area (Å²) in [5.41, 5.74) is 2.12. The van der Waals surface area contributed by atoms with E-state index in [0.29, 0.717) is 18.5 Å². The van der Waals surface area contributed by atoms with E-state index in [0.717, 1.165) is 55.0 Å². The summed E-state index contributed by atoms with van der Waals surface area (Å²) in [7, 11) is 0. The molecule has 0 bridgehead atoms. The molecule has 0 unspecified atom stereocenters. The van der Waals surface area contributed by atoms with E-state index >= 15 is 0 Å². The van der Waals surface area contributed by atoms with E-state index in [1.807, 2.05) is 4.68 Å². The van der Waals surface area contributed by atoms with Crippen LogP contribution in [0.2, 0.25) is 5.02 Å². The Morgan fingerprint density at radius 3 is 2.33 bits per heavy atom. The van der Waals surface area contributed by atoms with Crippen molar-refractivity contribution in [3.63, 3.8) is 0 Å². The lowest BCUT2D eigenvalue weighted by atomic mass is 9.70. The van der Waals surface area contributed by atoms with E-state index in [1.165, 1.54) is 24.3 Å². The molecule has 33 heavy (non-hydrogen) atoms. The normalized spacial score (nSPS) is 17.3. The van der Waals surface area contributed by atoms with Crippen LogP contribution in [0.25, 0.3) is 11.3 Å². The lowest BCUT2D eigenvalue weighted by Crippen LogP contribution is -2.45. The van der Waals surface area contributed by atoms with Crippen LogP contribution in [0, 0.1) is 0 Å². The third kappa shape index (κ3) is 3.53. The number of fused-ring (bicyclic) bond motifs is 1. The van der Waals surface area contributed by atoms with Crippen LogP contribution in [-0.2, 0) is 24.6 Å². The van der Waals surface area contributed by atoms with E-state index in [4.69, 9.17) is 16.7 Å². The summed E-state index contributed by atoms with van der Waals surface area (Å²) in [5, 5.41) is 14.2. The number of aromatic nitrogens is 2. The van der Waals surface area contributed by atoms with Crippen molar-refractivity contribution < 1.29 is 23.1 Å². The average molecular weight is 475 g/mol. The van der Waals surface area contributed by atoms with Gasteiger partial charge in [-0.1, -0.05) is 29.8 Å². The number of carbonyl (C=O) groups is 1. The van der Waals surface area contributed by atoms with Gasteiger partial charge in [0.25, 0.3) is 0 Å². The van der Waals surface area contributed by atoms with Crippen LogP contribution in [0.15, 0.2) is 42.5 Å². The van der Waals surface area contributed by atoms with Gasteiger partial charge in [0.1, 0.15) is 0 Å². The number of carboxylic acid groups (broad SMARTS) is 1. The maximum absolute atomic E-state index is 14.0. The molecule has 5 rings (SSSR count). The van der Waals surface area contributed by atoms with Crippen LogP contribution < -0.4 is 0 Å². The SMILES string of the molecule is O=C(O)c1ccc(-c2nn(C3(c4c(Cl)cccc4C(F)(F)F)CCC3)c3c2CCCC3)cc1. The van der Waals surface area contributed by atoms with E-state index in [9.17, 15) is 23.1 Å². The van der Waals surface area contributed by atoms with Crippen molar-refractivity contribution in [3.05, 3.63) is 75.4 Å². The van der Waals surface area contributed by atoms with E-state index in [-0.39, 0.29) is 16.1 Å². The molecule has 1 heterocycles. The Morgan fingerprint density at radius 2 is 1.73 bits per heavy atom. The maximum atomic E-state index is 14.0. The van der Waals surface area contributed by atoms with Crippen molar-refractivity contribution in [1.82, 2.24) is 9.78 Å². The zero-order chi connectivity index (χ0) is 23.4. The Bertz CT molecular complexity index is 1230. The second-order valence-corrected chi connectivity index (χ2v) is 9.23. The number of carboxylic acids is 1. The second kappa shape index (κ2) is 7.90. The molecule has 2 aliphatic rings. The topological polar surface area (TPSA) is 55.1 Å². The molecule has 0 aliphatic heterocycles. The Balaban J connectivity index is 1.71. The molecule has 0 saturated heterocycles. The number of hydrogen-bond donors (Lipinski definition) is 1. The van der Waals surface area contributed by atoms with Crippen molar-refractivity contribution in [3.8, 4) is 11.3 Å². The summed E-state index contributed by atoms with van der Waals surface area (Å²) in [6.45, 7) is 0. The fraction of sp³-hybridized carbons (Fsp3) is 0.360. The molecule has 0 amide bonds. The number of hydrogen-bond acceptors (Lipinski definition) is 2. The molecule has 4 nitrogen and oxygen atoms in total. The number of benzene rings is 2. The number of halogens is 4. The first-order valence-corrected chi connectivity index (χ1v) is 11.4. The molecule has 1 fully saturated rings. The molecule has 8 heteroatoms. The molecule has 2 aromatic carbocycles. The largest absolute Gasteiger partial charge is 0.478 e. The van der Waals surface area contributed by atoms with Gasteiger partial charge in [0.2, 0.25) is 0 Å². The highest BCUT2D eigenvalue weighted by atomic mass is 35.5. The van der Waals surface area contributed by atoms with Crippen molar-refractivity contribution in [2.75, 3.05) is 0 Å². The molecule has 0 radical (unpaired) electrons. The summed E-state index contributed by atoms with van der Waals surface area (Å²) in [5.74, 6) is -1.01. The highest BCUT2D eigenvalue weighted by molar-refractivity contribution is 6.31. The minimum Gasteiger partial charge on any atom is -0.478 e. The highest BCUT2D eigenvalue weighted by Gasteiger charge is 2.50. The van der Waals surface area contributed by atoms with Gasteiger partial charge in [-0.25, -0.2) is 4.79 Å². The third-order valence-electron chi connectivity index (χ3n) is 6.96. The monoisotopic (exact) mass is 474 g/mol. The third-order valence-corrected chi connectivity index (χ3v) is 7.27. The van der Waals surface area contributed by atoms with Crippen molar-refractivity contribution in [1.29, 1.82) is 0 Å². The first-order valence-electron chi connectivity index (χ1n) is 11.0. The summed E-state index contributed by atoms with van der Waals surface area (Å²) in [6, 6.07) is 10.5. The van der Waals surface area contributed by atoms with Crippen LogP contribution in [0.1, 0.15) is 64.8 Å². The predicted octanol–water partition coefficient (Wildman–Crippen LogP) is 6.73. The van der Waals surface area contributed by atoms with Crippen molar-refractivity contribution >= 4 is 17.6 Å². The number of aromatic carboxylic acids is 1.